The SMILES string of the molecule is CN(Cc1ccccc1)C(=O)CCNC(=O)N(C)C1CCOC1. The highest BCUT2D eigenvalue weighted by Gasteiger charge is 2.23. The van der Waals surface area contributed by atoms with Crippen LogP contribution in [0.1, 0.15) is 18.4 Å². The van der Waals surface area contributed by atoms with Crippen molar-refractivity contribution in [3.63, 3.8) is 0 Å². The first-order valence-corrected chi connectivity index (χ1v) is 7.94. The molecule has 0 bridgehead atoms. The summed E-state index contributed by atoms with van der Waals surface area (Å²) in [6.45, 7) is 2.20. The molecule has 1 aromatic carbocycles. The third kappa shape index (κ3) is 5.25. The van der Waals surface area contributed by atoms with Crippen molar-refractivity contribution in [1.82, 2.24) is 15.1 Å². The van der Waals surface area contributed by atoms with E-state index in [4.69, 9.17) is 4.74 Å². The molecule has 0 aliphatic carbocycles. The number of amides is 3. The summed E-state index contributed by atoms with van der Waals surface area (Å²) in [5.74, 6) is 0.0148. The molecule has 1 heterocycles. The van der Waals surface area contributed by atoms with Crippen LogP contribution in [-0.4, -0.2) is 61.6 Å². The van der Waals surface area contributed by atoms with Crippen LogP contribution in [0.15, 0.2) is 30.3 Å². The van der Waals surface area contributed by atoms with Crippen LogP contribution in [0.4, 0.5) is 4.79 Å². The first kappa shape index (κ1) is 17.3. The van der Waals surface area contributed by atoms with Crippen molar-refractivity contribution >= 4 is 11.9 Å². The maximum atomic E-state index is 12.1. The minimum atomic E-state index is -0.154. The largest absolute Gasteiger partial charge is 0.379 e. The molecule has 1 fully saturated rings. The number of nitrogens with one attached hydrogen (secondary N) is 1. The van der Waals surface area contributed by atoms with Crippen LogP contribution in [0, 0.1) is 0 Å². The van der Waals surface area contributed by atoms with E-state index in [1.807, 2.05) is 30.3 Å². The van der Waals surface area contributed by atoms with E-state index in [-0.39, 0.29) is 18.0 Å². The van der Waals surface area contributed by atoms with Crippen LogP contribution in [0.25, 0.3) is 0 Å². The van der Waals surface area contributed by atoms with Crippen LogP contribution in [-0.2, 0) is 16.1 Å². The predicted molar refractivity (Wildman–Crippen MR) is 87.9 cm³/mol. The number of urea groups is 1. The van der Waals surface area contributed by atoms with E-state index in [0.29, 0.717) is 32.7 Å². The lowest BCUT2D eigenvalue weighted by atomic mass is 10.2. The van der Waals surface area contributed by atoms with Gasteiger partial charge in [0.2, 0.25) is 5.91 Å². The van der Waals surface area contributed by atoms with Gasteiger partial charge in [0.1, 0.15) is 0 Å². The second-order valence-electron chi connectivity index (χ2n) is 5.85. The number of hydrogen-bond acceptors (Lipinski definition) is 3. The molecule has 1 N–H and O–H groups in total. The highest BCUT2D eigenvalue weighted by molar-refractivity contribution is 5.78. The second kappa shape index (κ2) is 8.53. The van der Waals surface area contributed by atoms with Crippen molar-refractivity contribution < 1.29 is 14.3 Å². The van der Waals surface area contributed by atoms with Gasteiger partial charge < -0.3 is 19.9 Å². The molecular formula is C17H25N3O3. The number of rotatable bonds is 6. The lowest BCUT2D eigenvalue weighted by molar-refractivity contribution is -0.130. The van der Waals surface area contributed by atoms with Crippen molar-refractivity contribution in [1.29, 1.82) is 0 Å². The maximum absolute atomic E-state index is 12.1. The van der Waals surface area contributed by atoms with E-state index in [9.17, 15) is 9.59 Å². The number of carbonyl (C=O) groups excluding carboxylic acids is 2. The number of ether oxygens (including phenoxy) is 1. The quantitative estimate of drug-likeness (QED) is 0.863. The molecule has 1 aliphatic heterocycles. The fourth-order valence-electron chi connectivity index (χ4n) is 2.53. The summed E-state index contributed by atoms with van der Waals surface area (Å²) >= 11 is 0. The molecule has 0 radical (unpaired) electrons. The monoisotopic (exact) mass is 319 g/mol. The fourth-order valence-corrected chi connectivity index (χ4v) is 2.53. The topological polar surface area (TPSA) is 61.9 Å². The van der Waals surface area contributed by atoms with Crippen molar-refractivity contribution in [3.05, 3.63) is 35.9 Å². The van der Waals surface area contributed by atoms with Gasteiger partial charge in [0.15, 0.2) is 0 Å². The third-order valence-corrected chi connectivity index (χ3v) is 4.08. The van der Waals surface area contributed by atoms with Gasteiger partial charge in [0.25, 0.3) is 0 Å². The molecule has 6 heteroatoms. The van der Waals surface area contributed by atoms with Crippen molar-refractivity contribution in [2.45, 2.75) is 25.4 Å². The smallest absolute Gasteiger partial charge is 0.317 e. The average Bonchev–Trinajstić information content (AvgIpc) is 3.09. The molecule has 1 aliphatic rings. The standard InChI is InChI=1S/C17H25N3O3/c1-19(12-14-6-4-3-5-7-14)16(21)8-10-18-17(22)20(2)15-9-11-23-13-15/h3-7,15H,8-13H2,1-2H3,(H,18,22). The van der Waals surface area contributed by atoms with E-state index in [0.717, 1.165) is 12.0 Å². The van der Waals surface area contributed by atoms with Gasteiger partial charge in [-0.25, -0.2) is 4.79 Å². The van der Waals surface area contributed by atoms with Gasteiger partial charge in [-0.3, -0.25) is 4.79 Å². The zero-order valence-corrected chi connectivity index (χ0v) is 13.8. The molecule has 126 valence electrons. The van der Waals surface area contributed by atoms with Crippen molar-refractivity contribution in [3.8, 4) is 0 Å². The molecule has 0 spiro atoms. The normalized spacial score (nSPS) is 16.9. The Bertz CT molecular complexity index is 515. The Labute approximate surface area is 137 Å². The van der Waals surface area contributed by atoms with Crippen molar-refractivity contribution in [2.75, 3.05) is 33.9 Å². The molecule has 3 amide bonds. The molecule has 1 aromatic rings. The first-order valence-electron chi connectivity index (χ1n) is 7.94. The predicted octanol–water partition coefficient (Wildman–Crippen LogP) is 1.47. The zero-order chi connectivity index (χ0) is 16.7. The van der Waals surface area contributed by atoms with E-state index >= 15 is 0 Å². The Morgan fingerprint density at radius 3 is 2.65 bits per heavy atom. The minimum Gasteiger partial charge on any atom is -0.379 e. The molecule has 1 atom stereocenters. The summed E-state index contributed by atoms with van der Waals surface area (Å²) in [7, 11) is 3.54. The summed E-state index contributed by atoms with van der Waals surface area (Å²) in [4.78, 5) is 27.4. The lowest BCUT2D eigenvalue weighted by Crippen LogP contribution is -2.44. The molecule has 23 heavy (non-hydrogen) atoms. The highest BCUT2D eigenvalue weighted by atomic mass is 16.5. The Balaban J connectivity index is 1.68. The van der Waals surface area contributed by atoms with Gasteiger partial charge in [-0.2, -0.15) is 0 Å². The molecule has 1 unspecified atom stereocenters. The van der Waals surface area contributed by atoms with E-state index in [2.05, 4.69) is 5.32 Å². The van der Waals surface area contributed by atoms with Gasteiger partial charge in [-0.05, 0) is 12.0 Å². The summed E-state index contributed by atoms with van der Waals surface area (Å²) in [5, 5.41) is 2.79. The molecular weight excluding hydrogens is 294 g/mol. The van der Waals surface area contributed by atoms with Crippen LogP contribution in [0.5, 0.6) is 0 Å². The van der Waals surface area contributed by atoms with Gasteiger partial charge in [-0.15, -0.1) is 0 Å². The Morgan fingerprint density at radius 2 is 2.00 bits per heavy atom. The van der Waals surface area contributed by atoms with Gasteiger partial charge >= 0.3 is 6.03 Å². The molecule has 2 rings (SSSR count). The average molecular weight is 319 g/mol. The maximum Gasteiger partial charge on any atom is 0.317 e. The summed E-state index contributed by atoms with van der Waals surface area (Å²) in [5.41, 5.74) is 1.09. The van der Waals surface area contributed by atoms with Gasteiger partial charge in [-0.1, -0.05) is 30.3 Å². The molecule has 6 nitrogen and oxygen atoms in total. The fraction of sp³-hybridized carbons (Fsp3) is 0.529. The number of likely N-dealkylation sites (N-methyl/N-ethyl adjacent to an activating group) is 1. The Hall–Kier alpha value is -2.08. The third-order valence-electron chi connectivity index (χ3n) is 4.08. The molecule has 0 aromatic heterocycles. The number of nitrogens with zero attached hydrogens (tertiary/aromatic N) is 2. The number of benzene rings is 1. The van der Waals surface area contributed by atoms with E-state index in [1.165, 1.54) is 0 Å². The van der Waals surface area contributed by atoms with Gasteiger partial charge in [0.05, 0.1) is 12.6 Å². The second-order valence-corrected chi connectivity index (χ2v) is 5.85. The minimum absolute atomic E-state index is 0.0148. The highest BCUT2D eigenvalue weighted by Crippen LogP contribution is 2.10. The molecule has 0 saturated carbocycles. The van der Waals surface area contributed by atoms with Crippen LogP contribution < -0.4 is 5.32 Å². The zero-order valence-electron chi connectivity index (χ0n) is 13.8. The van der Waals surface area contributed by atoms with Crippen LogP contribution in [0.3, 0.4) is 0 Å². The number of hydrogen-bond donors (Lipinski definition) is 1. The summed E-state index contributed by atoms with van der Waals surface area (Å²) in [6.07, 6.45) is 1.16. The van der Waals surface area contributed by atoms with E-state index < -0.39 is 0 Å². The summed E-state index contributed by atoms with van der Waals surface area (Å²) < 4.78 is 5.28. The Morgan fingerprint density at radius 1 is 1.26 bits per heavy atom. The number of carbonyl (C=O) groups is 2. The van der Waals surface area contributed by atoms with E-state index in [1.54, 1.807) is 23.9 Å². The van der Waals surface area contributed by atoms with Crippen LogP contribution in [0.2, 0.25) is 0 Å². The van der Waals surface area contributed by atoms with Gasteiger partial charge in [0, 0.05) is 40.2 Å². The Kier molecular flexibility index (Phi) is 6.40. The molecule has 1 saturated heterocycles. The first-order chi connectivity index (χ1) is 11.1. The lowest BCUT2D eigenvalue weighted by Gasteiger charge is -2.23. The summed E-state index contributed by atoms with van der Waals surface area (Å²) in [6, 6.07) is 9.82. The van der Waals surface area contributed by atoms with Crippen molar-refractivity contribution in [2.24, 2.45) is 0 Å². The van der Waals surface area contributed by atoms with Crippen LogP contribution >= 0.6 is 0 Å².